The van der Waals surface area contributed by atoms with Crippen LogP contribution in [0.25, 0.3) is 0 Å². The summed E-state index contributed by atoms with van der Waals surface area (Å²) in [6, 6.07) is 0.714. The molecule has 2 fully saturated rings. The number of hydrogen-bond donors (Lipinski definition) is 1. The van der Waals surface area contributed by atoms with E-state index in [0.29, 0.717) is 17.0 Å². The number of ether oxygens (including phenoxy) is 1. The van der Waals surface area contributed by atoms with Crippen LogP contribution >= 0.6 is 0 Å². The molecule has 2 rings (SSSR count). The topological polar surface area (TPSA) is 24.5 Å². The van der Waals surface area contributed by atoms with Crippen LogP contribution in [0.1, 0.15) is 40.5 Å². The van der Waals surface area contributed by atoms with Gasteiger partial charge in [-0.25, -0.2) is 0 Å². The van der Waals surface area contributed by atoms with E-state index in [1.54, 1.807) is 0 Å². The van der Waals surface area contributed by atoms with Crippen molar-refractivity contribution in [3.05, 3.63) is 0 Å². The lowest BCUT2D eigenvalue weighted by Crippen LogP contribution is -2.53. The van der Waals surface area contributed by atoms with Crippen molar-refractivity contribution < 1.29 is 4.74 Å². The summed E-state index contributed by atoms with van der Waals surface area (Å²) < 4.78 is 5.29. The standard InChI is InChI=1S/C14H28N2O/c1-13(2,3)16-7-5-12(6-8-16)15-9-14(4)10-17-11-14/h12,15H,5-11H2,1-4H3. The van der Waals surface area contributed by atoms with Gasteiger partial charge < -0.3 is 10.1 Å². The molecule has 0 aromatic heterocycles. The maximum absolute atomic E-state index is 5.29. The molecule has 2 heterocycles. The minimum Gasteiger partial charge on any atom is -0.380 e. The highest BCUT2D eigenvalue weighted by atomic mass is 16.5. The highest BCUT2D eigenvalue weighted by Crippen LogP contribution is 2.26. The van der Waals surface area contributed by atoms with E-state index in [9.17, 15) is 0 Å². The first-order chi connectivity index (χ1) is 7.89. The lowest BCUT2D eigenvalue weighted by atomic mass is 9.88. The first-order valence-corrected chi connectivity index (χ1v) is 6.95. The van der Waals surface area contributed by atoms with Gasteiger partial charge in [-0.2, -0.15) is 0 Å². The Morgan fingerprint density at radius 3 is 2.24 bits per heavy atom. The van der Waals surface area contributed by atoms with Gasteiger partial charge in [0, 0.05) is 36.6 Å². The van der Waals surface area contributed by atoms with E-state index >= 15 is 0 Å². The molecule has 0 radical (unpaired) electrons. The molecule has 0 aromatic rings. The predicted molar refractivity (Wildman–Crippen MR) is 71.3 cm³/mol. The molecule has 0 spiro atoms. The van der Waals surface area contributed by atoms with Crippen molar-refractivity contribution in [3.8, 4) is 0 Å². The molecule has 2 aliphatic heterocycles. The minimum atomic E-state index is 0.332. The highest BCUT2D eigenvalue weighted by molar-refractivity contribution is 4.88. The first-order valence-electron chi connectivity index (χ1n) is 6.95. The van der Waals surface area contributed by atoms with Gasteiger partial charge in [-0.15, -0.1) is 0 Å². The first kappa shape index (κ1) is 13.3. The van der Waals surface area contributed by atoms with E-state index in [0.717, 1.165) is 19.8 Å². The Kier molecular flexibility index (Phi) is 3.81. The van der Waals surface area contributed by atoms with Crippen molar-refractivity contribution in [1.82, 2.24) is 10.2 Å². The Morgan fingerprint density at radius 2 is 1.82 bits per heavy atom. The summed E-state index contributed by atoms with van der Waals surface area (Å²) in [4.78, 5) is 2.60. The highest BCUT2D eigenvalue weighted by Gasteiger charge is 2.34. The molecule has 0 amide bonds. The van der Waals surface area contributed by atoms with E-state index in [2.05, 4.69) is 37.9 Å². The van der Waals surface area contributed by atoms with Crippen LogP contribution in [-0.2, 0) is 4.74 Å². The van der Waals surface area contributed by atoms with E-state index in [-0.39, 0.29) is 0 Å². The molecule has 0 aromatic carbocycles. The van der Waals surface area contributed by atoms with Crippen molar-refractivity contribution in [1.29, 1.82) is 0 Å². The number of nitrogens with one attached hydrogen (secondary N) is 1. The third-order valence-electron chi connectivity index (χ3n) is 4.16. The van der Waals surface area contributed by atoms with E-state index < -0.39 is 0 Å². The molecule has 2 saturated heterocycles. The quantitative estimate of drug-likeness (QED) is 0.815. The number of likely N-dealkylation sites (tertiary alicyclic amines) is 1. The number of nitrogens with zero attached hydrogens (tertiary/aromatic N) is 1. The van der Waals surface area contributed by atoms with Gasteiger partial charge in [0.1, 0.15) is 0 Å². The minimum absolute atomic E-state index is 0.332. The van der Waals surface area contributed by atoms with E-state index in [4.69, 9.17) is 4.74 Å². The molecule has 0 aliphatic carbocycles. The van der Waals surface area contributed by atoms with Crippen LogP contribution in [0.4, 0.5) is 0 Å². The van der Waals surface area contributed by atoms with Crippen LogP contribution < -0.4 is 5.32 Å². The summed E-state index contributed by atoms with van der Waals surface area (Å²) in [5.41, 5.74) is 0.736. The maximum atomic E-state index is 5.29. The van der Waals surface area contributed by atoms with Crippen LogP contribution in [0.3, 0.4) is 0 Å². The van der Waals surface area contributed by atoms with Crippen LogP contribution in [0.2, 0.25) is 0 Å². The summed E-state index contributed by atoms with van der Waals surface area (Å²) >= 11 is 0. The van der Waals surface area contributed by atoms with Crippen LogP contribution in [0.5, 0.6) is 0 Å². The van der Waals surface area contributed by atoms with Gasteiger partial charge >= 0.3 is 0 Å². The molecule has 17 heavy (non-hydrogen) atoms. The van der Waals surface area contributed by atoms with Gasteiger partial charge in [0.15, 0.2) is 0 Å². The summed E-state index contributed by atoms with van der Waals surface area (Å²) in [6.45, 7) is 14.7. The van der Waals surface area contributed by atoms with Gasteiger partial charge in [0.2, 0.25) is 0 Å². The van der Waals surface area contributed by atoms with Gasteiger partial charge in [0.05, 0.1) is 13.2 Å². The molecule has 0 bridgehead atoms. The van der Waals surface area contributed by atoms with Gasteiger partial charge in [-0.1, -0.05) is 6.92 Å². The summed E-state index contributed by atoms with van der Waals surface area (Å²) in [5.74, 6) is 0. The van der Waals surface area contributed by atoms with Crippen molar-refractivity contribution in [2.75, 3.05) is 32.8 Å². The average Bonchev–Trinajstić information content (AvgIpc) is 2.23. The van der Waals surface area contributed by atoms with Crippen molar-refractivity contribution >= 4 is 0 Å². The molecule has 0 atom stereocenters. The van der Waals surface area contributed by atoms with Crippen molar-refractivity contribution in [2.24, 2.45) is 5.41 Å². The smallest absolute Gasteiger partial charge is 0.0554 e. The number of rotatable bonds is 3. The van der Waals surface area contributed by atoms with Gasteiger partial charge in [-0.3, -0.25) is 4.90 Å². The zero-order valence-corrected chi connectivity index (χ0v) is 11.9. The zero-order valence-electron chi connectivity index (χ0n) is 11.9. The molecule has 100 valence electrons. The SMILES string of the molecule is CC1(CNC2CCN(C(C)(C)C)CC2)COC1. The monoisotopic (exact) mass is 240 g/mol. The molecular formula is C14H28N2O. The molecule has 1 N–H and O–H groups in total. The third kappa shape index (κ3) is 3.43. The molecule has 0 saturated carbocycles. The van der Waals surface area contributed by atoms with E-state index in [1.807, 2.05) is 0 Å². The molecule has 3 nitrogen and oxygen atoms in total. The zero-order chi connectivity index (χ0) is 12.5. The second-order valence-electron chi connectivity index (χ2n) is 7.12. The second kappa shape index (κ2) is 4.87. The van der Waals surface area contributed by atoms with Crippen LogP contribution in [-0.4, -0.2) is 49.3 Å². The molecule has 2 aliphatic rings. The summed E-state index contributed by atoms with van der Waals surface area (Å²) in [7, 11) is 0. The lowest BCUT2D eigenvalue weighted by Gasteiger charge is -2.43. The van der Waals surface area contributed by atoms with Crippen molar-refractivity contribution in [2.45, 2.75) is 52.1 Å². The fourth-order valence-corrected chi connectivity index (χ4v) is 2.70. The third-order valence-corrected chi connectivity index (χ3v) is 4.16. The Labute approximate surface area is 106 Å². The normalized spacial score (nSPS) is 26.8. The molecule has 0 unspecified atom stereocenters. The van der Waals surface area contributed by atoms with Crippen LogP contribution in [0.15, 0.2) is 0 Å². The fourth-order valence-electron chi connectivity index (χ4n) is 2.70. The van der Waals surface area contributed by atoms with E-state index in [1.165, 1.54) is 25.9 Å². The largest absolute Gasteiger partial charge is 0.380 e. The van der Waals surface area contributed by atoms with Crippen LogP contribution in [0, 0.1) is 5.41 Å². The fraction of sp³-hybridized carbons (Fsp3) is 1.00. The Hall–Kier alpha value is -0.120. The van der Waals surface area contributed by atoms with Gasteiger partial charge in [-0.05, 0) is 33.6 Å². The molecule has 3 heteroatoms. The second-order valence-corrected chi connectivity index (χ2v) is 7.12. The maximum Gasteiger partial charge on any atom is 0.0554 e. The number of piperidine rings is 1. The summed E-state index contributed by atoms with van der Waals surface area (Å²) in [6.07, 6.45) is 2.57. The van der Waals surface area contributed by atoms with Crippen molar-refractivity contribution in [3.63, 3.8) is 0 Å². The van der Waals surface area contributed by atoms with Gasteiger partial charge in [0.25, 0.3) is 0 Å². The average molecular weight is 240 g/mol. The Bertz CT molecular complexity index is 247. The number of hydrogen-bond acceptors (Lipinski definition) is 3. The lowest BCUT2D eigenvalue weighted by molar-refractivity contribution is -0.101. The predicted octanol–water partition coefficient (Wildman–Crippen LogP) is 1.88. The Morgan fingerprint density at radius 1 is 1.24 bits per heavy atom. The Balaban J connectivity index is 1.69. The molecular weight excluding hydrogens is 212 g/mol. The summed E-state index contributed by atoms with van der Waals surface area (Å²) in [5, 5.41) is 3.73.